The highest BCUT2D eigenvalue weighted by Crippen LogP contribution is 2.28. The Hall–Kier alpha value is -0.310. The van der Waals surface area contributed by atoms with Gasteiger partial charge >= 0.3 is 0 Å². The molecule has 1 aliphatic rings. The van der Waals surface area contributed by atoms with E-state index >= 15 is 0 Å². The third kappa shape index (κ3) is 1.56. The first-order valence-corrected chi connectivity index (χ1v) is 4.06. The summed E-state index contributed by atoms with van der Waals surface area (Å²) < 4.78 is 0. The van der Waals surface area contributed by atoms with Gasteiger partial charge in [0.25, 0.3) is 0 Å². The molecule has 2 rings (SSSR count). The quantitative estimate of drug-likeness (QED) is 0.658. The van der Waals surface area contributed by atoms with Gasteiger partial charge in [0.05, 0.1) is 5.69 Å². The highest BCUT2D eigenvalue weighted by Gasteiger charge is 2.20. The lowest BCUT2D eigenvalue weighted by Crippen LogP contribution is -2.07. The minimum Gasteiger partial charge on any atom is -0.323 e. The van der Waals surface area contributed by atoms with Gasteiger partial charge in [-0.05, 0) is 24.5 Å². The molecule has 0 amide bonds. The van der Waals surface area contributed by atoms with Gasteiger partial charge in [-0.15, -0.1) is 12.4 Å². The summed E-state index contributed by atoms with van der Waals surface area (Å²) in [6.07, 6.45) is 2.04. The molecule has 1 aromatic heterocycles. The lowest BCUT2D eigenvalue weighted by atomic mass is 10.2. The van der Waals surface area contributed by atoms with Crippen molar-refractivity contribution in [2.75, 3.05) is 0 Å². The minimum absolute atomic E-state index is 0. The van der Waals surface area contributed by atoms with Crippen LogP contribution in [0.15, 0.2) is 12.1 Å². The number of rotatable bonds is 0. The molecule has 0 aromatic carbocycles. The first kappa shape index (κ1) is 9.78. The van der Waals surface area contributed by atoms with E-state index < -0.39 is 0 Å². The minimum atomic E-state index is 0. The molecule has 0 bridgehead atoms. The fourth-order valence-electron chi connectivity index (χ4n) is 1.46. The van der Waals surface area contributed by atoms with Crippen molar-refractivity contribution in [2.45, 2.75) is 18.9 Å². The molecule has 1 aliphatic carbocycles. The van der Waals surface area contributed by atoms with E-state index in [-0.39, 0.29) is 18.4 Å². The Balaban J connectivity index is 0.000000720. The summed E-state index contributed by atoms with van der Waals surface area (Å²) >= 11 is 5.72. The lowest BCUT2D eigenvalue weighted by molar-refractivity contribution is 0.698. The van der Waals surface area contributed by atoms with Crippen LogP contribution in [-0.4, -0.2) is 4.98 Å². The first-order valence-electron chi connectivity index (χ1n) is 3.68. The Morgan fingerprint density at radius 2 is 2.25 bits per heavy atom. The summed E-state index contributed by atoms with van der Waals surface area (Å²) in [5.74, 6) is 0. The van der Waals surface area contributed by atoms with Crippen molar-refractivity contribution in [1.82, 2.24) is 4.98 Å². The number of halogens is 2. The molecule has 0 saturated carbocycles. The van der Waals surface area contributed by atoms with E-state index in [1.54, 1.807) is 0 Å². The average Bonchev–Trinajstić information content (AvgIpc) is 2.33. The van der Waals surface area contributed by atoms with Gasteiger partial charge in [-0.1, -0.05) is 17.7 Å². The normalized spacial score (nSPS) is 20.0. The Morgan fingerprint density at radius 3 is 3.00 bits per heavy atom. The molecule has 0 fully saturated rings. The molecule has 1 atom stereocenters. The number of nitrogens with zero attached hydrogens (tertiary/aromatic N) is 1. The summed E-state index contributed by atoms with van der Waals surface area (Å²) in [6, 6.07) is 3.93. The zero-order valence-corrected chi connectivity index (χ0v) is 8.03. The predicted octanol–water partition coefficient (Wildman–Crippen LogP) is 2.10. The molecule has 1 aromatic rings. The smallest absolute Gasteiger partial charge is 0.129 e. The second-order valence-corrected chi connectivity index (χ2v) is 3.21. The zero-order chi connectivity index (χ0) is 7.84. The second kappa shape index (κ2) is 3.60. The van der Waals surface area contributed by atoms with Gasteiger partial charge < -0.3 is 5.73 Å². The van der Waals surface area contributed by atoms with Gasteiger partial charge in [0.2, 0.25) is 0 Å². The largest absolute Gasteiger partial charge is 0.323 e. The third-order valence-electron chi connectivity index (χ3n) is 2.05. The maximum atomic E-state index is 5.79. The molecule has 0 unspecified atom stereocenters. The predicted molar refractivity (Wildman–Crippen MR) is 51.7 cm³/mol. The van der Waals surface area contributed by atoms with Crippen LogP contribution >= 0.6 is 24.0 Å². The summed E-state index contributed by atoms with van der Waals surface area (Å²) in [6.45, 7) is 0. The van der Waals surface area contributed by atoms with Gasteiger partial charge in [0.15, 0.2) is 0 Å². The van der Waals surface area contributed by atoms with E-state index in [9.17, 15) is 0 Å². The van der Waals surface area contributed by atoms with Gasteiger partial charge in [-0.3, -0.25) is 0 Å². The van der Waals surface area contributed by atoms with E-state index in [1.807, 2.05) is 12.1 Å². The van der Waals surface area contributed by atoms with Crippen LogP contribution in [0.1, 0.15) is 23.7 Å². The maximum Gasteiger partial charge on any atom is 0.129 e. The van der Waals surface area contributed by atoms with E-state index in [0.717, 1.165) is 18.5 Å². The summed E-state index contributed by atoms with van der Waals surface area (Å²) in [7, 11) is 0. The van der Waals surface area contributed by atoms with Crippen LogP contribution in [0, 0.1) is 0 Å². The highest BCUT2D eigenvalue weighted by molar-refractivity contribution is 6.29. The molecule has 4 heteroatoms. The standard InChI is InChI=1S/C8H9ClN2.ClH/c9-7-4-2-5-1-3-6(10)8(5)11-7;/h2,4,6H,1,3,10H2;1H/t6-;/m0./s1. The number of hydrogen-bond acceptors (Lipinski definition) is 2. The SMILES string of the molecule is Cl.N[C@H]1CCc2ccc(Cl)nc21. The lowest BCUT2D eigenvalue weighted by Gasteiger charge is -2.02. The van der Waals surface area contributed by atoms with E-state index in [2.05, 4.69) is 4.98 Å². The van der Waals surface area contributed by atoms with Crippen LogP contribution < -0.4 is 5.73 Å². The topological polar surface area (TPSA) is 38.9 Å². The molecule has 0 aliphatic heterocycles. The van der Waals surface area contributed by atoms with Gasteiger partial charge in [-0.25, -0.2) is 4.98 Å². The van der Waals surface area contributed by atoms with Crippen LogP contribution in [0.3, 0.4) is 0 Å². The number of aryl methyl sites for hydroxylation is 1. The van der Waals surface area contributed by atoms with Crippen LogP contribution in [0.5, 0.6) is 0 Å². The van der Waals surface area contributed by atoms with Crippen LogP contribution in [0.2, 0.25) is 5.15 Å². The molecule has 0 saturated heterocycles. The van der Waals surface area contributed by atoms with Crippen LogP contribution in [-0.2, 0) is 6.42 Å². The van der Waals surface area contributed by atoms with Crippen molar-refractivity contribution in [2.24, 2.45) is 5.73 Å². The van der Waals surface area contributed by atoms with Crippen molar-refractivity contribution < 1.29 is 0 Å². The fraction of sp³-hybridized carbons (Fsp3) is 0.375. The first-order chi connectivity index (χ1) is 5.27. The fourth-order valence-corrected chi connectivity index (χ4v) is 1.61. The number of hydrogen-bond donors (Lipinski definition) is 1. The Kier molecular flexibility index (Phi) is 2.94. The Bertz CT molecular complexity index is 288. The Labute approximate surface area is 82.5 Å². The van der Waals surface area contributed by atoms with E-state index in [4.69, 9.17) is 17.3 Å². The molecule has 2 nitrogen and oxygen atoms in total. The summed E-state index contributed by atoms with van der Waals surface area (Å²) in [5.41, 5.74) is 8.03. The second-order valence-electron chi connectivity index (χ2n) is 2.82. The van der Waals surface area contributed by atoms with Crippen LogP contribution in [0.25, 0.3) is 0 Å². The third-order valence-corrected chi connectivity index (χ3v) is 2.26. The number of pyridine rings is 1. The van der Waals surface area contributed by atoms with E-state index in [1.165, 1.54) is 5.56 Å². The van der Waals surface area contributed by atoms with E-state index in [0.29, 0.717) is 5.15 Å². The molecule has 66 valence electrons. The molecular formula is C8H10Cl2N2. The number of fused-ring (bicyclic) bond motifs is 1. The van der Waals surface area contributed by atoms with Crippen molar-refractivity contribution in [1.29, 1.82) is 0 Å². The summed E-state index contributed by atoms with van der Waals surface area (Å²) in [4.78, 5) is 4.18. The maximum absolute atomic E-state index is 5.79. The molecule has 1 heterocycles. The summed E-state index contributed by atoms with van der Waals surface area (Å²) in [5, 5.41) is 0.543. The average molecular weight is 205 g/mol. The number of nitrogens with two attached hydrogens (primary N) is 1. The highest BCUT2D eigenvalue weighted by atomic mass is 35.5. The van der Waals surface area contributed by atoms with Crippen molar-refractivity contribution in [3.63, 3.8) is 0 Å². The van der Waals surface area contributed by atoms with Gasteiger partial charge in [-0.2, -0.15) is 0 Å². The van der Waals surface area contributed by atoms with Crippen molar-refractivity contribution >= 4 is 24.0 Å². The molecule has 0 radical (unpaired) electrons. The molecular weight excluding hydrogens is 195 g/mol. The zero-order valence-electron chi connectivity index (χ0n) is 6.46. The van der Waals surface area contributed by atoms with Crippen LogP contribution in [0.4, 0.5) is 0 Å². The molecule has 2 N–H and O–H groups in total. The molecule has 0 spiro atoms. The van der Waals surface area contributed by atoms with Crippen molar-refractivity contribution in [3.8, 4) is 0 Å². The van der Waals surface area contributed by atoms with Gasteiger partial charge in [0, 0.05) is 6.04 Å². The molecule has 12 heavy (non-hydrogen) atoms. The Morgan fingerprint density at radius 1 is 1.50 bits per heavy atom. The van der Waals surface area contributed by atoms with Crippen molar-refractivity contribution in [3.05, 3.63) is 28.5 Å². The monoisotopic (exact) mass is 204 g/mol. The van der Waals surface area contributed by atoms with Gasteiger partial charge in [0.1, 0.15) is 5.15 Å². The number of aromatic nitrogens is 1.